The van der Waals surface area contributed by atoms with Gasteiger partial charge in [0.1, 0.15) is 11.7 Å². The van der Waals surface area contributed by atoms with Gasteiger partial charge in [-0.25, -0.2) is 9.07 Å². The van der Waals surface area contributed by atoms with Crippen LogP contribution in [0.5, 0.6) is 0 Å². The molecule has 2 aromatic carbocycles. The zero-order valence-electron chi connectivity index (χ0n) is 21.8. The number of fused-ring (bicyclic) bond motifs is 4. The van der Waals surface area contributed by atoms with Crippen molar-refractivity contribution >= 4 is 32.7 Å². The first-order chi connectivity index (χ1) is 19.7. The van der Waals surface area contributed by atoms with Gasteiger partial charge in [-0.15, -0.1) is 0 Å². The van der Waals surface area contributed by atoms with Crippen molar-refractivity contribution in [3.05, 3.63) is 95.1 Å². The van der Waals surface area contributed by atoms with E-state index >= 15 is 4.39 Å². The van der Waals surface area contributed by atoms with Crippen molar-refractivity contribution in [2.24, 2.45) is 0 Å². The Morgan fingerprint density at radius 1 is 0.975 bits per heavy atom. The number of pyridine rings is 3. The van der Waals surface area contributed by atoms with Gasteiger partial charge in [-0.3, -0.25) is 9.78 Å². The highest BCUT2D eigenvalue weighted by atomic mass is 19.1. The number of rotatable bonds is 4. The minimum atomic E-state index is -0.398. The number of aromatic amines is 1. The van der Waals surface area contributed by atoms with E-state index in [1.807, 2.05) is 53.5 Å². The summed E-state index contributed by atoms with van der Waals surface area (Å²) in [7, 11) is 0. The molecular formula is C32H27FN5O2+. The van der Waals surface area contributed by atoms with Gasteiger partial charge < -0.3 is 9.72 Å². The van der Waals surface area contributed by atoms with Crippen LogP contribution in [0.15, 0.2) is 78.1 Å². The molecule has 0 radical (unpaired) electrons. The lowest BCUT2D eigenvalue weighted by Gasteiger charge is -2.22. The van der Waals surface area contributed by atoms with Crippen LogP contribution in [0.4, 0.5) is 4.39 Å². The fourth-order valence-corrected chi connectivity index (χ4v) is 6.18. The number of hydrogen-bond donors (Lipinski definition) is 1. The van der Waals surface area contributed by atoms with Gasteiger partial charge in [0.05, 0.1) is 16.6 Å². The molecule has 1 saturated heterocycles. The van der Waals surface area contributed by atoms with Crippen LogP contribution in [0.25, 0.3) is 49.5 Å². The van der Waals surface area contributed by atoms with Crippen molar-refractivity contribution in [3.63, 3.8) is 0 Å². The summed E-state index contributed by atoms with van der Waals surface area (Å²) in [5.41, 5.74) is 4.86. The van der Waals surface area contributed by atoms with Crippen LogP contribution in [0.2, 0.25) is 0 Å². The molecule has 8 heteroatoms. The van der Waals surface area contributed by atoms with E-state index in [4.69, 9.17) is 9.72 Å². The predicted octanol–water partition coefficient (Wildman–Crippen LogP) is 6.09. The molecule has 1 unspecified atom stereocenters. The van der Waals surface area contributed by atoms with Gasteiger partial charge in [-0.05, 0) is 67.9 Å². The zero-order valence-corrected chi connectivity index (χ0v) is 21.8. The molecule has 8 rings (SSSR count). The lowest BCUT2D eigenvalue weighted by Crippen LogP contribution is -2.37. The van der Waals surface area contributed by atoms with Crippen molar-refractivity contribution in [1.29, 1.82) is 0 Å². The smallest absolute Gasteiger partial charge is 0.321 e. The van der Waals surface area contributed by atoms with Gasteiger partial charge in [0.2, 0.25) is 0 Å². The lowest BCUT2D eigenvalue weighted by atomic mass is 9.92. The highest BCUT2D eigenvalue weighted by molar-refractivity contribution is 6.14. The molecule has 1 saturated carbocycles. The van der Waals surface area contributed by atoms with E-state index in [1.165, 1.54) is 11.6 Å². The second-order valence-corrected chi connectivity index (χ2v) is 10.8. The first-order valence-corrected chi connectivity index (χ1v) is 13.9. The quantitative estimate of drug-likeness (QED) is 0.220. The van der Waals surface area contributed by atoms with E-state index in [9.17, 15) is 4.79 Å². The Hall–Kier alpha value is -4.43. The van der Waals surface area contributed by atoms with Crippen molar-refractivity contribution < 1.29 is 13.7 Å². The van der Waals surface area contributed by atoms with Crippen LogP contribution in [-0.4, -0.2) is 26.4 Å². The summed E-state index contributed by atoms with van der Waals surface area (Å²) < 4.78 is 24.8. The highest BCUT2D eigenvalue weighted by Gasteiger charge is 2.31. The Morgan fingerprint density at radius 2 is 1.85 bits per heavy atom. The molecule has 0 bridgehead atoms. The van der Waals surface area contributed by atoms with E-state index in [0.717, 1.165) is 65.0 Å². The molecule has 2 aliphatic rings. The second kappa shape index (κ2) is 9.06. The average Bonchev–Trinajstić information content (AvgIpc) is 3.74. The Labute approximate surface area is 228 Å². The first-order valence-electron chi connectivity index (χ1n) is 13.9. The second-order valence-electron chi connectivity index (χ2n) is 10.8. The normalized spacial score (nSPS) is 17.7. The lowest BCUT2D eigenvalue weighted by molar-refractivity contribution is -0.596. The summed E-state index contributed by atoms with van der Waals surface area (Å²) in [6.07, 6.45) is 12.3. The standard InChI is InChI=1S/C32H26FN5O2/c33-25-12-11-20(24-18-38(36-30(24)25)26-8-2-5-16-40-26)27-23-17-22(19-9-10-19)28-21(7-6-13-34-28)29(23)35-32(39)31(27)37-14-3-1-4-15-37/h1,3-4,6-7,11-15,17-19,26H,2,5,8-10,16H2/p+1. The van der Waals surface area contributed by atoms with Crippen LogP contribution < -0.4 is 10.1 Å². The SMILES string of the molecule is O=c1[nH]c2c(cc(C3CC3)c3ncccc32)c(-c2ccc(F)c3nn(C4CCCCO4)cc23)c1-[n+]1ccccc1. The van der Waals surface area contributed by atoms with E-state index in [2.05, 4.69) is 16.1 Å². The van der Waals surface area contributed by atoms with E-state index in [-0.39, 0.29) is 17.3 Å². The van der Waals surface area contributed by atoms with E-state index in [0.29, 0.717) is 23.6 Å². The maximum atomic E-state index is 15.3. The molecule has 7 nitrogen and oxygen atoms in total. The molecule has 1 aliphatic heterocycles. The van der Waals surface area contributed by atoms with Crippen LogP contribution in [0.1, 0.15) is 49.8 Å². The van der Waals surface area contributed by atoms with Crippen molar-refractivity contribution in [2.75, 3.05) is 6.61 Å². The van der Waals surface area contributed by atoms with Crippen LogP contribution in [0.3, 0.4) is 0 Å². The van der Waals surface area contributed by atoms with Gasteiger partial charge in [0.25, 0.3) is 5.69 Å². The Kier molecular flexibility index (Phi) is 5.31. The predicted molar refractivity (Wildman–Crippen MR) is 151 cm³/mol. The number of nitrogens with one attached hydrogen (secondary N) is 1. The van der Waals surface area contributed by atoms with Gasteiger partial charge in [-0.2, -0.15) is 9.67 Å². The zero-order chi connectivity index (χ0) is 26.8. The number of halogens is 1. The van der Waals surface area contributed by atoms with Gasteiger partial charge in [0.15, 0.2) is 18.2 Å². The Bertz CT molecular complexity index is 1990. The molecular weight excluding hydrogens is 505 g/mol. The number of aromatic nitrogens is 5. The molecule has 0 amide bonds. The Morgan fingerprint density at radius 3 is 2.65 bits per heavy atom. The number of H-pyrrole nitrogens is 1. The van der Waals surface area contributed by atoms with Crippen molar-refractivity contribution in [1.82, 2.24) is 19.7 Å². The molecule has 1 atom stereocenters. The summed E-state index contributed by atoms with van der Waals surface area (Å²) in [5, 5.41) is 7.11. The Balaban J connectivity index is 1.51. The third-order valence-electron chi connectivity index (χ3n) is 8.24. The molecule has 40 heavy (non-hydrogen) atoms. The summed E-state index contributed by atoms with van der Waals surface area (Å²) in [4.78, 5) is 21.8. The first kappa shape index (κ1) is 23.5. The van der Waals surface area contributed by atoms with Crippen molar-refractivity contribution in [3.8, 4) is 16.8 Å². The van der Waals surface area contributed by atoms with E-state index < -0.39 is 5.82 Å². The topological polar surface area (TPSA) is 76.7 Å². The van der Waals surface area contributed by atoms with E-state index in [1.54, 1.807) is 16.9 Å². The third kappa shape index (κ3) is 3.67. The number of ether oxygens (including phenoxy) is 1. The fourth-order valence-electron chi connectivity index (χ4n) is 6.18. The molecule has 1 N–H and O–H groups in total. The summed E-state index contributed by atoms with van der Waals surface area (Å²) >= 11 is 0. The van der Waals surface area contributed by atoms with Gasteiger partial charge in [0, 0.05) is 52.9 Å². The molecule has 1 aliphatic carbocycles. The highest BCUT2D eigenvalue weighted by Crippen LogP contribution is 2.46. The largest absolute Gasteiger partial charge is 0.357 e. The summed E-state index contributed by atoms with van der Waals surface area (Å²) in [6.45, 7) is 0.661. The maximum absolute atomic E-state index is 15.3. The molecule has 198 valence electrons. The number of nitrogens with zero attached hydrogens (tertiary/aromatic N) is 4. The molecule has 2 fully saturated rings. The minimum Gasteiger partial charge on any atom is -0.357 e. The molecule has 4 aromatic heterocycles. The number of hydrogen-bond acceptors (Lipinski definition) is 4. The monoisotopic (exact) mass is 532 g/mol. The average molecular weight is 533 g/mol. The van der Waals surface area contributed by atoms with Gasteiger partial charge >= 0.3 is 5.56 Å². The van der Waals surface area contributed by atoms with Crippen molar-refractivity contribution in [2.45, 2.75) is 44.2 Å². The third-order valence-corrected chi connectivity index (χ3v) is 8.24. The van der Waals surface area contributed by atoms with Crippen LogP contribution >= 0.6 is 0 Å². The maximum Gasteiger partial charge on any atom is 0.321 e. The summed E-state index contributed by atoms with van der Waals surface area (Å²) in [6, 6.07) is 15.0. The minimum absolute atomic E-state index is 0.233. The number of benzene rings is 2. The molecule has 5 heterocycles. The molecule has 0 spiro atoms. The van der Waals surface area contributed by atoms with Gasteiger partial charge in [-0.1, -0.05) is 12.1 Å². The molecule has 6 aromatic rings. The summed E-state index contributed by atoms with van der Waals surface area (Å²) in [5.74, 6) is 0.0403. The fraction of sp³-hybridized carbons (Fsp3) is 0.250. The van der Waals surface area contributed by atoms with Crippen LogP contribution in [-0.2, 0) is 4.74 Å². The van der Waals surface area contributed by atoms with Crippen LogP contribution in [0, 0.1) is 5.82 Å².